The lowest BCUT2D eigenvalue weighted by molar-refractivity contribution is -0.137. The van der Waals surface area contributed by atoms with Gasteiger partial charge in [-0.25, -0.2) is 0 Å². The first-order valence-electron chi connectivity index (χ1n) is 9.67. The first-order chi connectivity index (χ1) is 14.9. The first-order valence-corrected chi connectivity index (χ1v) is 9.67. The van der Waals surface area contributed by atoms with Gasteiger partial charge in [0.15, 0.2) is 5.69 Å². The van der Waals surface area contributed by atoms with Crippen molar-refractivity contribution in [2.45, 2.75) is 25.1 Å². The minimum absolute atomic E-state index is 0.0469. The standard InChI is InChI=1S/C21H16F3N5O2/c22-21(23,24)13-6-3-5-12(11-13)18-25-19(31-28-18)16-9-4-10-29(16)20(30)17-14-7-1-2-8-15(14)26-27-17/h1-3,5-8,11,16H,4,9-10H2,(H,26,27). The summed E-state index contributed by atoms with van der Waals surface area (Å²) in [6.45, 7) is 0.492. The normalized spacial score (nSPS) is 16.9. The Morgan fingerprint density at radius 1 is 1.16 bits per heavy atom. The number of hydrogen-bond acceptors (Lipinski definition) is 5. The summed E-state index contributed by atoms with van der Waals surface area (Å²) < 4.78 is 44.4. The maximum Gasteiger partial charge on any atom is 0.416 e. The number of rotatable bonds is 3. The average molecular weight is 427 g/mol. The second-order valence-electron chi connectivity index (χ2n) is 7.31. The van der Waals surface area contributed by atoms with Crippen LogP contribution in [-0.2, 0) is 6.18 Å². The number of hydrogen-bond donors (Lipinski definition) is 1. The van der Waals surface area contributed by atoms with Gasteiger partial charge in [-0.05, 0) is 31.0 Å². The van der Waals surface area contributed by atoms with Gasteiger partial charge in [0.1, 0.15) is 6.04 Å². The van der Waals surface area contributed by atoms with Crippen LogP contribution in [0.1, 0.15) is 40.8 Å². The van der Waals surface area contributed by atoms with Crippen LogP contribution in [0.15, 0.2) is 53.1 Å². The number of nitrogens with zero attached hydrogens (tertiary/aromatic N) is 4. The maximum absolute atomic E-state index is 13.2. The minimum atomic E-state index is -4.47. The van der Waals surface area contributed by atoms with Gasteiger partial charge in [0.05, 0.1) is 11.1 Å². The van der Waals surface area contributed by atoms with Crippen molar-refractivity contribution in [3.63, 3.8) is 0 Å². The zero-order chi connectivity index (χ0) is 21.6. The number of alkyl halides is 3. The highest BCUT2D eigenvalue weighted by atomic mass is 19.4. The molecule has 1 N–H and O–H groups in total. The molecular weight excluding hydrogens is 411 g/mol. The highest BCUT2D eigenvalue weighted by Crippen LogP contribution is 2.35. The summed E-state index contributed by atoms with van der Waals surface area (Å²) in [5, 5.41) is 11.6. The summed E-state index contributed by atoms with van der Waals surface area (Å²) in [5.41, 5.74) is 0.463. The number of fused-ring (bicyclic) bond motifs is 1. The van der Waals surface area contributed by atoms with E-state index in [9.17, 15) is 18.0 Å². The lowest BCUT2D eigenvalue weighted by atomic mass is 10.1. The molecule has 1 unspecified atom stereocenters. The van der Waals surface area contributed by atoms with Gasteiger partial charge >= 0.3 is 6.18 Å². The zero-order valence-electron chi connectivity index (χ0n) is 16.1. The summed E-state index contributed by atoms with van der Waals surface area (Å²) in [5.74, 6) is -0.0255. The van der Waals surface area contributed by atoms with E-state index < -0.39 is 17.8 Å². The fourth-order valence-electron chi connectivity index (χ4n) is 3.85. The molecule has 1 atom stereocenters. The van der Waals surface area contributed by atoms with Gasteiger partial charge in [-0.2, -0.15) is 23.3 Å². The number of benzene rings is 2. The number of aromatic nitrogens is 4. The van der Waals surface area contributed by atoms with E-state index in [-0.39, 0.29) is 23.2 Å². The predicted molar refractivity (Wildman–Crippen MR) is 104 cm³/mol. The highest BCUT2D eigenvalue weighted by molar-refractivity contribution is 6.04. The molecule has 2 aromatic heterocycles. The number of likely N-dealkylation sites (tertiary alicyclic amines) is 1. The van der Waals surface area contributed by atoms with Crippen LogP contribution in [0, 0.1) is 0 Å². The molecule has 10 heteroatoms. The summed E-state index contributed by atoms with van der Waals surface area (Å²) >= 11 is 0. The molecule has 1 amide bonds. The van der Waals surface area contributed by atoms with Crippen LogP contribution in [0.4, 0.5) is 13.2 Å². The van der Waals surface area contributed by atoms with E-state index in [4.69, 9.17) is 4.52 Å². The third-order valence-electron chi connectivity index (χ3n) is 5.36. The van der Waals surface area contributed by atoms with Gasteiger partial charge in [-0.1, -0.05) is 35.5 Å². The largest absolute Gasteiger partial charge is 0.416 e. The van der Waals surface area contributed by atoms with E-state index in [1.807, 2.05) is 24.3 Å². The molecular formula is C21H16F3N5O2. The molecule has 1 fully saturated rings. The lowest BCUT2D eigenvalue weighted by Crippen LogP contribution is -2.31. The Bertz CT molecular complexity index is 1260. The molecule has 4 aromatic rings. The van der Waals surface area contributed by atoms with Crippen molar-refractivity contribution in [2.75, 3.05) is 6.54 Å². The molecule has 7 nitrogen and oxygen atoms in total. The van der Waals surface area contributed by atoms with Crippen LogP contribution in [-0.4, -0.2) is 37.7 Å². The molecule has 1 aliphatic rings. The molecule has 0 spiro atoms. The van der Waals surface area contributed by atoms with Crippen LogP contribution in [0.3, 0.4) is 0 Å². The van der Waals surface area contributed by atoms with E-state index >= 15 is 0 Å². The Morgan fingerprint density at radius 2 is 2.00 bits per heavy atom. The number of carbonyl (C=O) groups excluding carboxylic acids is 1. The number of H-pyrrole nitrogens is 1. The fourth-order valence-corrected chi connectivity index (χ4v) is 3.85. The molecule has 1 aliphatic heterocycles. The number of carbonyl (C=O) groups is 1. The van der Waals surface area contributed by atoms with Crippen molar-refractivity contribution in [3.05, 3.63) is 65.7 Å². The topological polar surface area (TPSA) is 87.9 Å². The Labute approximate surface area is 173 Å². The molecule has 31 heavy (non-hydrogen) atoms. The van der Waals surface area contributed by atoms with Gasteiger partial charge in [0.25, 0.3) is 5.91 Å². The van der Waals surface area contributed by atoms with Crippen LogP contribution in [0.2, 0.25) is 0 Å². The molecule has 1 saturated heterocycles. The highest BCUT2D eigenvalue weighted by Gasteiger charge is 2.36. The number of para-hydroxylation sites is 1. The fraction of sp³-hybridized carbons (Fsp3) is 0.238. The SMILES string of the molecule is O=C(c1n[nH]c2ccccc12)N1CCCC1c1nc(-c2cccc(C(F)(F)F)c2)no1. The third-order valence-corrected chi connectivity index (χ3v) is 5.36. The van der Waals surface area contributed by atoms with Gasteiger partial charge in [0, 0.05) is 17.5 Å². The van der Waals surface area contributed by atoms with Gasteiger partial charge in [-0.15, -0.1) is 0 Å². The van der Waals surface area contributed by atoms with Crippen LogP contribution >= 0.6 is 0 Å². The molecule has 0 radical (unpaired) electrons. The van der Waals surface area contributed by atoms with Gasteiger partial charge in [0.2, 0.25) is 11.7 Å². The molecule has 3 heterocycles. The second-order valence-corrected chi connectivity index (χ2v) is 7.31. The van der Waals surface area contributed by atoms with E-state index in [1.54, 1.807) is 4.90 Å². The van der Waals surface area contributed by atoms with Gasteiger partial charge in [-0.3, -0.25) is 9.89 Å². The van der Waals surface area contributed by atoms with Crippen LogP contribution in [0.25, 0.3) is 22.3 Å². The smallest absolute Gasteiger partial charge is 0.337 e. The van der Waals surface area contributed by atoms with Crippen molar-refractivity contribution >= 4 is 16.8 Å². The Kier molecular flexibility index (Phi) is 4.49. The Balaban J connectivity index is 1.43. The molecule has 0 bridgehead atoms. The summed E-state index contributed by atoms with van der Waals surface area (Å²) in [4.78, 5) is 19.1. The number of aromatic amines is 1. The molecule has 0 saturated carbocycles. The average Bonchev–Trinajstić information content (AvgIpc) is 3.51. The third kappa shape index (κ3) is 3.43. The number of amides is 1. The number of nitrogens with one attached hydrogen (secondary N) is 1. The molecule has 0 aliphatic carbocycles. The number of halogens is 3. The van der Waals surface area contributed by atoms with Crippen molar-refractivity contribution in [1.29, 1.82) is 0 Å². The first kappa shape index (κ1) is 19.3. The quantitative estimate of drug-likeness (QED) is 0.516. The van der Waals surface area contributed by atoms with E-state index in [2.05, 4.69) is 20.3 Å². The van der Waals surface area contributed by atoms with Crippen LogP contribution in [0.5, 0.6) is 0 Å². The summed E-state index contributed by atoms with van der Waals surface area (Å²) in [7, 11) is 0. The van der Waals surface area contributed by atoms with Crippen molar-refractivity contribution in [3.8, 4) is 11.4 Å². The summed E-state index contributed by atoms with van der Waals surface area (Å²) in [6, 6.07) is 11.6. The molecule has 158 valence electrons. The van der Waals surface area contributed by atoms with E-state index in [0.717, 1.165) is 24.1 Å². The maximum atomic E-state index is 13.2. The second kappa shape index (κ2) is 7.22. The molecule has 5 rings (SSSR count). The predicted octanol–water partition coefficient (Wildman–Crippen LogP) is 4.61. The zero-order valence-corrected chi connectivity index (χ0v) is 16.1. The van der Waals surface area contributed by atoms with Gasteiger partial charge < -0.3 is 9.42 Å². The minimum Gasteiger partial charge on any atom is -0.337 e. The molecule has 2 aromatic carbocycles. The Hall–Kier alpha value is -3.69. The van der Waals surface area contributed by atoms with Crippen molar-refractivity contribution < 1.29 is 22.5 Å². The van der Waals surface area contributed by atoms with Crippen molar-refractivity contribution in [1.82, 2.24) is 25.2 Å². The van der Waals surface area contributed by atoms with Crippen LogP contribution < -0.4 is 0 Å². The van der Waals surface area contributed by atoms with E-state index in [0.29, 0.717) is 24.0 Å². The van der Waals surface area contributed by atoms with E-state index in [1.165, 1.54) is 12.1 Å². The Morgan fingerprint density at radius 3 is 2.84 bits per heavy atom. The summed E-state index contributed by atoms with van der Waals surface area (Å²) in [6.07, 6.45) is -3.12. The van der Waals surface area contributed by atoms with Crippen molar-refractivity contribution in [2.24, 2.45) is 0 Å². The monoisotopic (exact) mass is 427 g/mol. The lowest BCUT2D eigenvalue weighted by Gasteiger charge is -2.20.